The average Bonchev–Trinajstić information content (AvgIpc) is 3.08. The molecular formula is C34H48N6O20. The monoisotopic (exact) mass is 860 g/mol. The van der Waals surface area contributed by atoms with Crippen LogP contribution in [0.25, 0.3) is 0 Å². The third kappa shape index (κ3) is 20.9. The second-order valence-electron chi connectivity index (χ2n) is 13.2. The molecule has 0 fully saturated rings. The predicted octanol–water partition coefficient (Wildman–Crippen LogP) is -3.57. The van der Waals surface area contributed by atoms with Gasteiger partial charge < -0.3 is 51.1 Å². The van der Waals surface area contributed by atoms with Gasteiger partial charge >= 0.3 is 59.7 Å². The first-order valence-electron chi connectivity index (χ1n) is 17.7. The van der Waals surface area contributed by atoms with Crippen molar-refractivity contribution >= 4 is 59.7 Å². The van der Waals surface area contributed by atoms with E-state index in [1.54, 1.807) is 0 Å². The molecule has 26 nitrogen and oxygen atoms in total. The SMILES string of the molecule is O=C(O)CN(CCN(CCN(CC(=O)O)CC(=O)O)C(C(=O)O)c1ccc(C(C(=O)O)N(CCN(CC(=O)O)CC(=O)O)CCN(CC(=O)O)CC(=O)O)cc1)CC(=O)O. The summed E-state index contributed by atoms with van der Waals surface area (Å²) >= 11 is 0. The molecule has 0 radical (unpaired) electrons. The van der Waals surface area contributed by atoms with Crippen molar-refractivity contribution in [2.24, 2.45) is 0 Å². The number of nitrogens with zero attached hydrogens (tertiary/aromatic N) is 6. The lowest BCUT2D eigenvalue weighted by Crippen LogP contribution is -2.47. The fourth-order valence-corrected chi connectivity index (χ4v) is 6.09. The van der Waals surface area contributed by atoms with Crippen molar-refractivity contribution in [3.8, 4) is 0 Å². The van der Waals surface area contributed by atoms with Crippen molar-refractivity contribution < 1.29 is 99.0 Å². The van der Waals surface area contributed by atoms with Crippen LogP contribution in [-0.4, -0.2) is 245 Å². The van der Waals surface area contributed by atoms with Gasteiger partial charge in [-0.1, -0.05) is 24.3 Å². The van der Waals surface area contributed by atoms with E-state index in [2.05, 4.69) is 0 Å². The molecule has 0 saturated carbocycles. The summed E-state index contributed by atoms with van der Waals surface area (Å²) in [6.45, 7) is -8.95. The molecule has 2 atom stereocenters. The van der Waals surface area contributed by atoms with Crippen LogP contribution in [0.1, 0.15) is 23.2 Å². The highest BCUT2D eigenvalue weighted by Crippen LogP contribution is 2.27. The maximum atomic E-state index is 12.9. The van der Waals surface area contributed by atoms with Crippen LogP contribution in [-0.2, 0) is 47.9 Å². The molecule has 334 valence electrons. The first-order chi connectivity index (χ1) is 28.0. The molecule has 0 heterocycles. The van der Waals surface area contributed by atoms with Gasteiger partial charge in [-0.15, -0.1) is 0 Å². The van der Waals surface area contributed by atoms with Crippen LogP contribution >= 0.6 is 0 Å². The van der Waals surface area contributed by atoms with Crippen molar-refractivity contribution in [1.82, 2.24) is 29.4 Å². The molecule has 1 rings (SSSR count). The van der Waals surface area contributed by atoms with Gasteiger partial charge in [0, 0.05) is 52.4 Å². The van der Waals surface area contributed by atoms with Crippen molar-refractivity contribution in [3.63, 3.8) is 0 Å². The molecule has 60 heavy (non-hydrogen) atoms. The van der Waals surface area contributed by atoms with E-state index in [1.807, 2.05) is 0 Å². The summed E-state index contributed by atoms with van der Waals surface area (Å²) in [6.07, 6.45) is 0. The highest BCUT2D eigenvalue weighted by atomic mass is 16.4. The van der Waals surface area contributed by atoms with Crippen LogP contribution in [0.4, 0.5) is 0 Å². The Morgan fingerprint density at radius 1 is 0.317 bits per heavy atom. The van der Waals surface area contributed by atoms with Crippen molar-refractivity contribution in [2.75, 3.05) is 105 Å². The normalized spacial score (nSPS) is 12.5. The van der Waals surface area contributed by atoms with Crippen LogP contribution < -0.4 is 0 Å². The van der Waals surface area contributed by atoms with Crippen molar-refractivity contribution in [2.45, 2.75) is 12.1 Å². The van der Waals surface area contributed by atoms with Gasteiger partial charge in [0.1, 0.15) is 12.1 Å². The first kappa shape index (κ1) is 51.7. The summed E-state index contributed by atoms with van der Waals surface area (Å²) in [5, 5.41) is 95.2. The first-order valence-corrected chi connectivity index (χ1v) is 17.7. The molecule has 2 unspecified atom stereocenters. The average molecular weight is 861 g/mol. The van der Waals surface area contributed by atoms with Gasteiger partial charge in [0.15, 0.2) is 0 Å². The molecule has 0 aliphatic heterocycles. The number of benzene rings is 1. The second kappa shape index (κ2) is 25.9. The summed E-state index contributed by atoms with van der Waals surface area (Å²) < 4.78 is 0. The molecule has 0 bridgehead atoms. The lowest BCUT2D eigenvalue weighted by atomic mass is 9.99. The van der Waals surface area contributed by atoms with Crippen LogP contribution in [0.5, 0.6) is 0 Å². The lowest BCUT2D eigenvalue weighted by Gasteiger charge is -2.34. The van der Waals surface area contributed by atoms with Gasteiger partial charge in [-0.25, -0.2) is 0 Å². The molecule has 26 heteroatoms. The molecule has 10 N–H and O–H groups in total. The number of aliphatic carboxylic acids is 10. The van der Waals surface area contributed by atoms with Gasteiger partial charge in [0.2, 0.25) is 0 Å². The fraction of sp³-hybridized carbons (Fsp3) is 0.529. The van der Waals surface area contributed by atoms with Crippen molar-refractivity contribution in [3.05, 3.63) is 35.4 Å². The number of carboxylic acids is 10. The Labute approximate surface area is 340 Å². The van der Waals surface area contributed by atoms with E-state index < -0.39 is 124 Å². The van der Waals surface area contributed by atoms with E-state index in [0.717, 1.165) is 19.6 Å². The number of carbonyl (C=O) groups is 10. The standard InChI is InChI=1S/C34H48N6O20/c41-23(42)13-35(14-24(43)44)5-9-39(10-6-36(15-25(45)46)16-26(47)48)31(33(57)58)21-1-2-22(4-3-21)32(34(59)60)40(11-7-37(17-27(49)50)18-28(51)52)12-8-38(19-29(53)54)20-30(55)56/h1-4,31-32H,5-20H2,(H,41,42)(H,43,44)(H,45,46)(H,47,48)(H,49,50)(H,51,52)(H,53,54)(H,55,56)(H,57,58)(H,59,60). The lowest BCUT2D eigenvalue weighted by molar-refractivity contribution is -0.146. The van der Waals surface area contributed by atoms with Gasteiger partial charge in [-0.05, 0) is 11.1 Å². The Hall–Kier alpha value is -6.32. The summed E-state index contributed by atoms with van der Waals surface area (Å²) in [5.41, 5.74) is -0.0627. The number of rotatable bonds is 34. The van der Waals surface area contributed by atoms with Gasteiger partial charge in [-0.2, -0.15) is 0 Å². The maximum Gasteiger partial charge on any atom is 0.325 e. The molecule has 0 saturated heterocycles. The predicted molar refractivity (Wildman–Crippen MR) is 197 cm³/mol. The van der Waals surface area contributed by atoms with E-state index in [4.69, 9.17) is 0 Å². The quantitative estimate of drug-likeness (QED) is 0.0320. The molecule has 0 aromatic heterocycles. The van der Waals surface area contributed by atoms with Crippen molar-refractivity contribution in [1.29, 1.82) is 0 Å². The highest BCUT2D eigenvalue weighted by Gasteiger charge is 2.32. The van der Waals surface area contributed by atoms with E-state index >= 15 is 0 Å². The largest absolute Gasteiger partial charge is 0.480 e. The summed E-state index contributed by atoms with van der Waals surface area (Å²) in [5.74, 6) is -14.3. The zero-order chi connectivity index (χ0) is 45.7. The Morgan fingerprint density at radius 3 is 0.617 bits per heavy atom. The minimum Gasteiger partial charge on any atom is -0.480 e. The van der Waals surface area contributed by atoms with Crippen LogP contribution in [0.15, 0.2) is 24.3 Å². The molecule has 1 aromatic rings. The third-order valence-corrected chi connectivity index (χ3v) is 8.45. The van der Waals surface area contributed by atoms with Gasteiger partial charge in [0.05, 0.1) is 52.4 Å². The van der Waals surface area contributed by atoms with Crippen LogP contribution in [0.3, 0.4) is 0 Å². The molecule has 0 amide bonds. The molecule has 0 spiro atoms. The Kier molecular flexibility index (Phi) is 22.3. The van der Waals surface area contributed by atoms with E-state index in [0.29, 0.717) is 0 Å². The number of carboxylic acid groups (broad SMARTS) is 10. The molecule has 0 aliphatic carbocycles. The molecular weight excluding hydrogens is 812 g/mol. The summed E-state index contributed by atoms with van der Waals surface area (Å²) in [6, 6.07) is 1.50. The molecule has 1 aromatic carbocycles. The van der Waals surface area contributed by atoms with Gasteiger partial charge in [0.25, 0.3) is 0 Å². The maximum absolute atomic E-state index is 12.9. The second-order valence-corrected chi connectivity index (χ2v) is 13.2. The van der Waals surface area contributed by atoms with Crippen LogP contribution in [0, 0.1) is 0 Å². The Balaban J connectivity index is 3.74. The number of hydrogen-bond donors (Lipinski definition) is 10. The smallest absolute Gasteiger partial charge is 0.325 e. The zero-order valence-electron chi connectivity index (χ0n) is 32.0. The van der Waals surface area contributed by atoms with Crippen LogP contribution in [0.2, 0.25) is 0 Å². The highest BCUT2D eigenvalue weighted by molar-refractivity contribution is 5.78. The van der Waals surface area contributed by atoms with E-state index in [-0.39, 0.29) is 63.5 Å². The zero-order valence-corrected chi connectivity index (χ0v) is 32.0. The minimum absolute atomic E-state index is 0.0313. The summed E-state index contributed by atoms with van der Waals surface area (Å²) in [7, 11) is 0. The minimum atomic E-state index is -1.66. The number of hydrogen-bond acceptors (Lipinski definition) is 16. The molecule has 0 aliphatic rings. The fourth-order valence-electron chi connectivity index (χ4n) is 6.09. The van der Waals surface area contributed by atoms with E-state index in [1.165, 1.54) is 34.1 Å². The topological polar surface area (TPSA) is 392 Å². The van der Waals surface area contributed by atoms with E-state index in [9.17, 15) is 99.0 Å². The Morgan fingerprint density at radius 2 is 0.483 bits per heavy atom. The summed E-state index contributed by atoms with van der Waals surface area (Å²) in [4.78, 5) is 123. The Bertz CT molecular complexity index is 1430. The van der Waals surface area contributed by atoms with Gasteiger partial charge in [-0.3, -0.25) is 77.3 Å². The third-order valence-electron chi connectivity index (χ3n) is 8.45.